The molecule has 180 valence electrons. The standard InChI is InChI=1S/C26H27FN6O2/c1-18-2-7-22(32-31-18)16-28-26-23-14-20(19-3-5-21(27)6-4-19)15-24(25(23)29-17-30-26)35-13-10-33-8-11-34-12-9-33/h2-7,14-15,17H,8-13,16H2,1H3,(H,28,29,30). The summed E-state index contributed by atoms with van der Waals surface area (Å²) >= 11 is 0. The molecular weight excluding hydrogens is 447 g/mol. The molecule has 1 aliphatic heterocycles. The van der Waals surface area contributed by atoms with Crippen molar-refractivity contribution in [2.45, 2.75) is 13.5 Å². The zero-order chi connectivity index (χ0) is 24.0. The van der Waals surface area contributed by atoms with Crippen molar-refractivity contribution in [3.05, 3.63) is 72.1 Å². The van der Waals surface area contributed by atoms with Gasteiger partial charge in [0.2, 0.25) is 0 Å². The van der Waals surface area contributed by atoms with Gasteiger partial charge in [-0.1, -0.05) is 12.1 Å². The van der Waals surface area contributed by atoms with Crippen LogP contribution in [-0.2, 0) is 11.3 Å². The first kappa shape index (κ1) is 23.1. The van der Waals surface area contributed by atoms with Crippen molar-refractivity contribution < 1.29 is 13.9 Å². The predicted molar refractivity (Wildman–Crippen MR) is 132 cm³/mol. The summed E-state index contributed by atoms with van der Waals surface area (Å²) in [6.07, 6.45) is 1.53. The minimum atomic E-state index is -0.276. The van der Waals surface area contributed by atoms with E-state index in [9.17, 15) is 4.39 Å². The molecule has 0 spiro atoms. The first-order chi connectivity index (χ1) is 17.2. The smallest absolute Gasteiger partial charge is 0.146 e. The van der Waals surface area contributed by atoms with Crippen LogP contribution >= 0.6 is 0 Å². The lowest BCUT2D eigenvalue weighted by molar-refractivity contribution is 0.0323. The maximum absolute atomic E-state index is 13.5. The van der Waals surface area contributed by atoms with Gasteiger partial charge in [0.05, 0.1) is 31.1 Å². The van der Waals surface area contributed by atoms with E-state index in [-0.39, 0.29) is 5.82 Å². The molecular formula is C26H27FN6O2. The Balaban J connectivity index is 1.45. The highest BCUT2D eigenvalue weighted by molar-refractivity contribution is 5.96. The fourth-order valence-corrected chi connectivity index (χ4v) is 4.00. The van der Waals surface area contributed by atoms with E-state index in [1.807, 2.05) is 31.2 Å². The molecule has 0 saturated carbocycles. The lowest BCUT2D eigenvalue weighted by Crippen LogP contribution is -2.38. The number of ether oxygens (including phenoxy) is 2. The van der Waals surface area contributed by atoms with Crippen LogP contribution in [0, 0.1) is 12.7 Å². The molecule has 0 bridgehead atoms. The van der Waals surface area contributed by atoms with Crippen molar-refractivity contribution in [2.75, 3.05) is 44.8 Å². The number of hydrogen-bond donors (Lipinski definition) is 1. The first-order valence-corrected chi connectivity index (χ1v) is 11.7. The van der Waals surface area contributed by atoms with Crippen molar-refractivity contribution >= 4 is 16.7 Å². The lowest BCUT2D eigenvalue weighted by atomic mass is 10.0. The maximum atomic E-state index is 13.5. The number of hydrogen-bond acceptors (Lipinski definition) is 8. The average molecular weight is 475 g/mol. The SMILES string of the molecule is Cc1ccc(CNc2ncnc3c(OCCN4CCOCC4)cc(-c4ccc(F)cc4)cc23)nn1. The molecule has 2 aromatic heterocycles. The van der Waals surface area contributed by atoms with Gasteiger partial charge in [0, 0.05) is 25.0 Å². The van der Waals surface area contributed by atoms with Crippen LogP contribution in [0.1, 0.15) is 11.4 Å². The van der Waals surface area contributed by atoms with Crippen LogP contribution in [0.5, 0.6) is 5.75 Å². The number of halogens is 1. The summed E-state index contributed by atoms with van der Waals surface area (Å²) in [4.78, 5) is 11.3. The van der Waals surface area contributed by atoms with Gasteiger partial charge in [-0.25, -0.2) is 14.4 Å². The Hall–Kier alpha value is -3.69. The van der Waals surface area contributed by atoms with Crippen molar-refractivity contribution in [2.24, 2.45) is 0 Å². The highest BCUT2D eigenvalue weighted by Gasteiger charge is 2.15. The summed E-state index contributed by atoms with van der Waals surface area (Å²) in [5.74, 6) is 1.05. The number of fused-ring (bicyclic) bond motifs is 1. The Kier molecular flexibility index (Phi) is 7.06. The van der Waals surface area contributed by atoms with Gasteiger partial charge < -0.3 is 14.8 Å². The summed E-state index contributed by atoms with van der Waals surface area (Å²) in [6, 6.07) is 14.2. The molecule has 0 atom stereocenters. The Labute approximate surface area is 203 Å². The number of aromatic nitrogens is 4. The summed E-state index contributed by atoms with van der Waals surface area (Å²) in [6.45, 7) is 6.98. The second-order valence-electron chi connectivity index (χ2n) is 8.42. The molecule has 4 aromatic rings. The van der Waals surface area contributed by atoms with Crippen molar-refractivity contribution in [1.29, 1.82) is 0 Å². The van der Waals surface area contributed by atoms with Gasteiger partial charge in [-0.2, -0.15) is 10.2 Å². The number of rotatable bonds is 8. The molecule has 0 radical (unpaired) electrons. The number of nitrogens with one attached hydrogen (secondary N) is 1. The van der Waals surface area contributed by atoms with Gasteiger partial charge in [0.1, 0.15) is 35.8 Å². The second kappa shape index (κ2) is 10.7. The Morgan fingerprint density at radius 2 is 1.83 bits per heavy atom. The van der Waals surface area contributed by atoms with E-state index < -0.39 is 0 Å². The average Bonchev–Trinajstić information content (AvgIpc) is 2.89. The molecule has 1 fully saturated rings. The van der Waals surface area contributed by atoms with E-state index >= 15 is 0 Å². The number of aryl methyl sites for hydroxylation is 1. The fraction of sp³-hybridized carbons (Fsp3) is 0.308. The quantitative estimate of drug-likeness (QED) is 0.412. The van der Waals surface area contributed by atoms with E-state index in [0.29, 0.717) is 30.2 Å². The lowest BCUT2D eigenvalue weighted by Gasteiger charge is -2.26. The molecule has 8 nitrogen and oxygen atoms in total. The third-order valence-electron chi connectivity index (χ3n) is 5.94. The molecule has 9 heteroatoms. The van der Waals surface area contributed by atoms with Gasteiger partial charge in [0.15, 0.2) is 0 Å². The Morgan fingerprint density at radius 3 is 2.60 bits per heavy atom. The summed E-state index contributed by atoms with van der Waals surface area (Å²) in [5, 5.41) is 12.5. The molecule has 1 aliphatic rings. The highest BCUT2D eigenvalue weighted by atomic mass is 19.1. The van der Waals surface area contributed by atoms with Crippen LogP contribution in [0.25, 0.3) is 22.0 Å². The highest BCUT2D eigenvalue weighted by Crippen LogP contribution is 2.34. The van der Waals surface area contributed by atoms with Gasteiger partial charge in [-0.05, 0) is 54.4 Å². The van der Waals surface area contributed by atoms with Crippen LogP contribution in [0.2, 0.25) is 0 Å². The van der Waals surface area contributed by atoms with Crippen LogP contribution in [0.4, 0.5) is 10.2 Å². The van der Waals surface area contributed by atoms with Crippen LogP contribution in [0.3, 0.4) is 0 Å². The summed E-state index contributed by atoms with van der Waals surface area (Å²) in [5.41, 5.74) is 4.16. The molecule has 5 rings (SSSR count). The zero-order valence-corrected chi connectivity index (χ0v) is 19.6. The van der Waals surface area contributed by atoms with E-state index in [1.54, 1.807) is 12.1 Å². The molecule has 2 aromatic carbocycles. The van der Waals surface area contributed by atoms with Gasteiger partial charge in [-0.15, -0.1) is 0 Å². The Bertz CT molecular complexity index is 1280. The Morgan fingerprint density at radius 1 is 1.00 bits per heavy atom. The van der Waals surface area contributed by atoms with Crippen LogP contribution < -0.4 is 10.1 Å². The zero-order valence-electron chi connectivity index (χ0n) is 19.6. The third-order valence-corrected chi connectivity index (χ3v) is 5.94. The number of morpholine rings is 1. The minimum absolute atomic E-state index is 0.276. The minimum Gasteiger partial charge on any atom is -0.490 e. The van der Waals surface area contributed by atoms with Gasteiger partial charge >= 0.3 is 0 Å². The first-order valence-electron chi connectivity index (χ1n) is 11.7. The maximum Gasteiger partial charge on any atom is 0.146 e. The van der Waals surface area contributed by atoms with E-state index in [1.165, 1.54) is 18.5 Å². The predicted octanol–water partition coefficient (Wildman–Crippen LogP) is 3.86. The van der Waals surface area contributed by atoms with Gasteiger partial charge in [0.25, 0.3) is 0 Å². The second-order valence-corrected chi connectivity index (χ2v) is 8.42. The largest absolute Gasteiger partial charge is 0.490 e. The fourth-order valence-electron chi connectivity index (χ4n) is 4.00. The molecule has 0 amide bonds. The van der Waals surface area contributed by atoms with Crippen LogP contribution in [-0.4, -0.2) is 64.5 Å². The monoisotopic (exact) mass is 474 g/mol. The van der Waals surface area contributed by atoms with Crippen LogP contribution in [0.15, 0.2) is 54.9 Å². The topological polar surface area (TPSA) is 85.3 Å². The van der Waals surface area contributed by atoms with E-state index in [4.69, 9.17) is 9.47 Å². The van der Waals surface area contributed by atoms with E-state index in [0.717, 1.165) is 60.7 Å². The normalized spacial score (nSPS) is 14.2. The number of nitrogens with zero attached hydrogens (tertiary/aromatic N) is 5. The number of anilines is 1. The molecule has 1 N–H and O–H groups in total. The van der Waals surface area contributed by atoms with Gasteiger partial charge in [-0.3, -0.25) is 4.90 Å². The van der Waals surface area contributed by atoms with Crippen molar-refractivity contribution in [3.8, 4) is 16.9 Å². The number of benzene rings is 2. The van der Waals surface area contributed by atoms with Crippen molar-refractivity contribution in [1.82, 2.24) is 25.1 Å². The summed E-state index contributed by atoms with van der Waals surface area (Å²) < 4.78 is 25.2. The molecule has 0 unspecified atom stereocenters. The molecule has 0 aliphatic carbocycles. The molecule has 35 heavy (non-hydrogen) atoms. The van der Waals surface area contributed by atoms with Crippen molar-refractivity contribution in [3.63, 3.8) is 0 Å². The van der Waals surface area contributed by atoms with E-state index in [2.05, 4.69) is 30.4 Å². The molecule has 3 heterocycles. The third kappa shape index (κ3) is 5.70. The summed E-state index contributed by atoms with van der Waals surface area (Å²) in [7, 11) is 0. The molecule has 1 saturated heterocycles.